The number of ether oxygens (including phenoxy) is 1. The van der Waals surface area contributed by atoms with Crippen molar-refractivity contribution in [2.24, 2.45) is 0 Å². The monoisotopic (exact) mass is 1090 g/mol. The van der Waals surface area contributed by atoms with Gasteiger partial charge in [0, 0.05) is 12.8 Å². The van der Waals surface area contributed by atoms with E-state index in [1.165, 1.54) is 199 Å². The van der Waals surface area contributed by atoms with E-state index in [2.05, 4.69) is 62.5 Å². The first kappa shape index (κ1) is 74.0. The van der Waals surface area contributed by atoms with Gasteiger partial charge in [-0.3, -0.25) is 14.2 Å². The fraction of sp³-hybridized carbons (Fsp3) is 0.848. The first-order valence-corrected chi connectivity index (χ1v) is 33.9. The van der Waals surface area contributed by atoms with Crippen molar-refractivity contribution < 1.29 is 37.3 Å². The summed E-state index contributed by atoms with van der Waals surface area (Å²) >= 11 is 0. The summed E-state index contributed by atoms with van der Waals surface area (Å²) in [5.41, 5.74) is 0. The van der Waals surface area contributed by atoms with Gasteiger partial charge in [0.2, 0.25) is 5.91 Å². The molecule has 0 rings (SSSR count). The molecule has 0 heterocycles. The third kappa shape index (κ3) is 56.7. The molecule has 446 valence electrons. The summed E-state index contributed by atoms with van der Waals surface area (Å²) in [6, 6.07) is -0.890. The predicted molar refractivity (Wildman–Crippen MR) is 326 cm³/mol. The van der Waals surface area contributed by atoms with Gasteiger partial charge in [-0.05, 0) is 89.5 Å². The number of phosphoric acid groups is 1. The zero-order valence-corrected chi connectivity index (χ0v) is 51.9. The van der Waals surface area contributed by atoms with Gasteiger partial charge in [-0.2, -0.15) is 0 Å². The molecule has 0 saturated carbocycles. The molecule has 3 unspecified atom stereocenters. The number of hydrogen-bond donors (Lipinski definition) is 1. The van der Waals surface area contributed by atoms with Crippen molar-refractivity contribution in [1.29, 1.82) is 0 Å². The highest BCUT2D eigenvalue weighted by molar-refractivity contribution is 7.45. The van der Waals surface area contributed by atoms with Crippen molar-refractivity contribution >= 4 is 19.7 Å². The maximum atomic E-state index is 13.5. The summed E-state index contributed by atoms with van der Waals surface area (Å²) in [7, 11) is 1.19. The van der Waals surface area contributed by atoms with E-state index in [0.717, 1.165) is 77.0 Å². The number of esters is 1. The number of rotatable bonds is 59. The van der Waals surface area contributed by atoms with Crippen LogP contribution < -0.4 is 10.2 Å². The van der Waals surface area contributed by atoms with Crippen molar-refractivity contribution in [3.8, 4) is 0 Å². The van der Waals surface area contributed by atoms with Gasteiger partial charge in [0.15, 0.2) is 0 Å². The fourth-order valence-electron chi connectivity index (χ4n) is 9.43. The smallest absolute Gasteiger partial charge is 0.306 e. The van der Waals surface area contributed by atoms with E-state index in [-0.39, 0.29) is 31.5 Å². The number of carbonyl (C=O) groups is 2. The van der Waals surface area contributed by atoms with Gasteiger partial charge in [-0.15, -0.1) is 0 Å². The van der Waals surface area contributed by atoms with Crippen molar-refractivity contribution in [1.82, 2.24) is 5.32 Å². The highest BCUT2D eigenvalue weighted by Gasteiger charge is 2.27. The number of unbranched alkanes of at least 4 members (excludes halogenated alkanes) is 37. The average Bonchev–Trinajstić information content (AvgIpc) is 3.38. The number of amides is 1. The maximum absolute atomic E-state index is 13.5. The highest BCUT2D eigenvalue weighted by atomic mass is 31.2. The summed E-state index contributed by atoms with van der Waals surface area (Å²) < 4.78 is 30.4. The van der Waals surface area contributed by atoms with E-state index < -0.39 is 20.0 Å². The number of likely N-dealkylation sites (N-methyl/N-ethyl adjacent to an activating group) is 1. The van der Waals surface area contributed by atoms with Gasteiger partial charge in [0.1, 0.15) is 19.3 Å². The van der Waals surface area contributed by atoms with Gasteiger partial charge < -0.3 is 28.5 Å². The molecule has 0 bridgehead atoms. The first-order valence-electron chi connectivity index (χ1n) is 32.4. The molecule has 0 aromatic rings. The SMILES string of the molecule is CCCCC/C=C\C/C=C\CCCCCCCCCCCC(=O)NC(COP(=O)([O-])OCC[N+](C)(C)C)C(/C=C/CCCCCCCCCCCC)OC(=O)CCCCCCCCCCC/C=C/CCCCCCCC. The van der Waals surface area contributed by atoms with E-state index in [1.807, 2.05) is 33.3 Å². The van der Waals surface area contributed by atoms with Crippen LogP contribution in [0, 0.1) is 0 Å². The highest BCUT2D eigenvalue weighted by Crippen LogP contribution is 2.38. The second-order valence-corrected chi connectivity index (χ2v) is 24.7. The Morgan fingerprint density at radius 2 is 0.803 bits per heavy atom. The van der Waals surface area contributed by atoms with Crippen LogP contribution in [-0.2, 0) is 27.9 Å². The lowest BCUT2D eigenvalue weighted by Crippen LogP contribution is -2.47. The molecule has 10 heteroatoms. The maximum Gasteiger partial charge on any atom is 0.306 e. The van der Waals surface area contributed by atoms with Crippen LogP contribution in [0.4, 0.5) is 0 Å². The van der Waals surface area contributed by atoms with Crippen LogP contribution >= 0.6 is 7.82 Å². The van der Waals surface area contributed by atoms with Crippen LogP contribution in [0.2, 0.25) is 0 Å². The topological polar surface area (TPSA) is 114 Å². The van der Waals surface area contributed by atoms with E-state index in [9.17, 15) is 19.0 Å². The number of hydrogen-bond acceptors (Lipinski definition) is 7. The van der Waals surface area contributed by atoms with Crippen molar-refractivity contribution in [2.75, 3.05) is 40.9 Å². The standard InChI is InChI=1S/C66H125N2O7P/c1-7-10-13-16-19-22-25-28-30-32-34-36-38-40-43-46-49-52-55-58-65(69)67-63(62-74-76(71,72)73-61-60-68(4,5)6)64(57-54-51-48-45-42-27-24-21-18-15-12-9-3)75-66(70)59-56-53-50-47-44-41-39-37-35-33-31-29-26-23-20-17-14-11-8-2/h19,22,28-31,54,57,63-64H,7-18,20-21,23-27,32-53,55-56,58-62H2,1-6H3,(H-,67,69,71,72)/b22-19-,30-28-,31-29+,57-54+. The zero-order chi connectivity index (χ0) is 55.7. The number of nitrogens with one attached hydrogen (secondary N) is 1. The largest absolute Gasteiger partial charge is 0.756 e. The molecule has 0 aromatic heterocycles. The third-order valence-electron chi connectivity index (χ3n) is 14.5. The minimum Gasteiger partial charge on any atom is -0.756 e. The molecule has 0 aliphatic rings. The third-order valence-corrected chi connectivity index (χ3v) is 15.4. The zero-order valence-electron chi connectivity index (χ0n) is 51.0. The minimum absolute atomic E-state index is 0.0229. The first-order chi connectivity index (χ1) is 36.9. The Morgan fingerprint density at radius 3 is 1.22 bits per heavy atom. The van der Waals surface area contributed by atoms with Crippen molar-refractivity contribution in [2.45, 2.75) is 322 Å². The molecule has 1 amide bonds. The molecule has 0 aromatic carbocycles. The van der Waals surface area contributed by atoms with E-state index in [0.29, 0.717) is 17.4 Å². The van der Waals surface area contributed by atoms with E-state index in [1.54, 1.807) is 0 Å². The molecule has 0 aliphatic heterocycles. The Kier molecular flexibility index (Phi) is 54.7. The summed E-state index contributed by atoms with van der Waals surface area (Å²) in [6.45, 7) is 6.84. The number of carbonyl (C=O) groups excluding carboxylic acids is 2. The molecule has 0 aliphatic carbocycles. The Bertz CT molecular complexity index is 1440. The van der Waals surface area contributed by atoms with Gasteiger partial charge in [-0.1, -0.05) is 256 Å². The predicted octanol–water partition coefficient (Wildman–Crippen LogP) is 19.4. The molecule has 9 nitrogen and oxygen atoms in total. The molecule has 0 saturated heterocycles. The second-order valence-electron chi connectivity index (χ2n) is 23.3. The molecular weight excluding hydrogens is 964 g/mol. The second kappa shape index (κ2) is 56.3. The van der Waals surface area contributed by atoms with E-state index >= 15 is 0 Å². The van der Waals surface area contributed by atoms with Crippen LogP contribution in [0.25, 0.3) is 0 Å². The Morgan fingerprint density at radius 1 is 0.461 bits per heavy atom. The lowest BCUT2D eigenvalue weighted by molar-refractivity contribution is -0.870. The van der Waals surface area contributed by atoms with Crippen molar-refractivity contribution in [3.05, 3.63) is 48.6 Å². The molecule has 0 spiro atoms. The van der Waals surface area contributed by atoms with Gasteiger partial charge >= 0.3 is 5.97 Å². The van der Waals surface area contributed by atoms with Gasteiger partial charge in [0.25, 0.3) is 7.82 Å². The minimum atomic E-state index is -4.70. The lowest BCUT2D eigenvalue weighted by Gasteiger charge is -2.30. The van der Waals surface area contributed by atoms with Crippen molar-refractivity contribution in [3.63, 3.8) is 0 Å². The number of allylic oxidation sites excluding steroid dienone is 7. The van der Waals surface area contributed by atoms with Crippen LogP contribution in [0.15, 0.2) is 48.6 Å². The van der Waals surface area contributed by atoms with Crippen LogP contribution in [-0.4, -0.2) is 69.4 Å². The fourth-order valence-corrected chi connectivity index (χ4v) is 10.2. The summed E-state index contributed by atoms with van der Waals surface area (Å²) in [6.07, 6.45) is 69.3. The lowest BCUT2D eigenvalue weighted by atomic mass is 10.0. The van der Waals surface area contributed by atoms with Gasteiger partial charge in [0.05, 0.1) is 33.8 Å². The summed E-state index contributed by atoms with van der Waals surface area (Å²) in [4.78, 5) is 40.0. The average molecular weight is 1090 g/mol. The Balaban J connectivity index is 5.20. The molecule has 0 radical (unpaired) electrons. The number of phosphoric ester groups is 1. The van der Waals surface area contributed by atoms with Crippen LogP contribution in [0.3, 0.4) is 0 Å². The summed E-state index contributed by atoms with van der Waals surface area (Å²) in [5, 5.41) is 3.03. The van der Waals surface area contributed by atoms with Crippen LogP contribution in [0.1, 0.15) is 310 Å². The number of quaternary nitrogens is 1. The number of nitrogens with zero attached hydrogens (tertiary/aromatic N) is 1. The Hall–Kier alpha value is -2.03. The molecular formula is C66H125N2O7P. The van der Waals surface area contributed by atoms with Gasteiger partial charge in [-0.25, -0.2) is 0 Å². The normalized spacial score (nSPS) is 13.9. The quantitative estimate of drug-likeness (QED) is 0.0212. The molecule has 0 fully saturated rings. The van der Waals surface area contributed by atoms with Crippen LogP contribution in [0.5, 0.6) is 0 Å². The molecule has 3 atom stereocenters. The molecule has 1 N–H and O–H groups in total. The Labute approximate surface area is 471 Å². The van der Waals surface area contributed by atoms with E-state index in [4.69, 9.17) is 13.8 Å². The molecule has 76 heavy (non-hydrogen) atoms. The summed E-state index contributed by atoms with van der Waals surface area (Å²) in [5.74, 6) is -0.538.